The van der Waals surface area contributed by atoms with Crippen molar-refractivity contribution in [1.29, 1.82) is 0 Å². The van der Waals surface area contributed by atoms with Crippen LogP contribution in [0.3, 0.4) is 0 Å². The van der Waals surface area contributed by atoms with E-state index in [0.29, 0.717) is 12.2 Å². The molecule has 1 amide bonds. The van der Waals surface area contributed by atoms with Gasteiger partial charge in [-0.1, -0.05) is 60.7 Å². The van der Waals surface area contributed by atoms with Gasteiger partial charge in [-0.05, 0) is 61.7 Å². The Morgan fingerprint density at radius 2 is 1.55 bits per heavy atom. The number of carbonyl (C=O) groups excluding carboxylic acids is 4. The number of amides is 1. The number of fused-ring (bicyclic) bond motifs is 2. The first-order chi connectivity index (χ1) is 22.4. The SMILES string of the molecule is CN(C)c1ccc(OCc2ccccc2)c2c1C[C@H]1C[C@@H]([C@@H](COCc3ccccc3)N(C)C)[C@@](O)(C(=O)CC(N)=O)C(=O)C1C2=O. The van der Waals surface area contributed by atoms with Crippen LogP contribution >= 0.6 is 0 Å². The fourth-order valence-electron chi connectivity index (χ4n) is 7.15. The molecule has 3 aromatic carbocycles. The van der Waals surface area contributed by atoms with Crippen LogP contribution in [-0.4, -0.2) is 79.7 Å². The van der Waals surface area contributed by atoms with Crippen LogP contribution in [0.15, 0.2) is 72.8 Å². The summed E-state index contributed by atoms with van der Waals surface area (Å²) in [7, 11) is 7.35. The number of ketones is 3. The van der Waals surface area contributed by atoms with E-state index in [2.05, 4.69) is 0 Å². The van der Waals surface area contributed by atoms with Crippen LogP contribution in [0.5, 0.6) is 5.75 Å². The molecule has 0 aromatic heterocycles. The zero-order valence-electron chi connectivity index (χ0n) is 27.3. The summed E-state index contributed by atoms with van der Waals surface area (Å²) in [5.41, 5.74) is 6.48. The van der Waals surface area contributed by atoms with Crippen LogP contribution in [-0.2, 0) is 38.8 Å². The number of hydrogen-bond acceptors (Lipinski definition) is 9. The third kappa shape index (κ3) is 6.86. The second kappa shape index (κ2) is 14.2. The normalized spacial score (nSPS) is 22.7. The van der Waals surface area contributed by atoms with Gasteiger partial charge >= 0.3 is 0 Å². The lowest BCUT2D eigenvalue weighted by Crippen LogP contribution is -2.67. The van der Waals surface area contributed by atoms with Crippen molar-refractivity contribution in [3.05, 3.63) is 95.1 Å². The minimum absolute atomic E-state index is 0.0916. The third-order valence-electron chi connectivity index (χ3n) is 9.47. The van der Waals surface area contributed by atoms with E-state index in [1.165, 1.54) is 0 Å². The molecule has 3 aromatic rings. The van der Waals surface area contributed by atoms with Crippen molar-refractivity contribution in [3.63, 3.8) is 0 Å². The molecule has 0 spiro atoms. The number of aliphatic hydroxyl groups is 1. The van der Waals surface area contributed by atoms with Gasteiger partial charge in [-0.15, -0.1) is 0 Å². The van der Waals surface area contributed by atoms with Gasteiger partial charge in [-0.2, -0.15) is 0 Å². The van der Waals surface area contributed by atoms with E-state index < -0.39 is 59.1 Å². The van der Waals surface area contributed by atoms with Gasteiger partial charge in [0.2, 0.25) is 5.91 Å². The minimum Gasteiger partial charge on any atom is -0.488 e. The molecule has 1 fully saturated rings. The molecular formula is C37H43N3O7. The summed E-state index contributed by atoms with van der Waals surface area (Å²) >= 11 is 0. The average Bonchev–Trinajstić information content (AvgIpc) is 3.04. The number of carbonyl (C=O) groups is 4. The Morgan fingerprint density at radius 1 is 0.936 bits per heavy atom. The Bertz CT molecular complexity index is 1630. The van der Waals surface area contributed by atoms with Crippen LogP contribution in [0.2, 0.25) is 0 Å². The lowest BCUT2D eigenvalue weighted by atomic mass is 9.56. The van der Waals surface area contributed by atoms with Crippen molar-refractivity contribution in [2.24, 2.45) is 23.5 Å². The first kappa shape index (κ1) is 34.0. The molecule has 248 valence electrons. The number of ether oxygens (including phenoxy) is 2. The number of Topliss-reactive ketones (excluding diaryl/α,β-unsaturated/α-hetero) is 3. The van der Waals surface area contributed by atoms with Crippen molar-refractivity contribution in [2.45, 2.75) is 44.1 Å². The molecule has 10 heteroatoms. The molecule has 1 saturated carbocycles. The Kier molecular flexibility index (Phi) is 10.2. The lowest BCUT2D eigenvalue weighted by molar-refractivity contribution is -0.171. The number of nitrogens with zero attached hydrogens (tertiary/aromatic N) is 2. The topological polar surface area (TPSA) is 139 Å². The summed E-state index contributed by atoms with van der Waals surface area (Å²) in [5, 5.41) is 12.2. The van der Waals surface area contributed by atoms with Crippen LogP contribution in [0.25, 0.3) is 0 Å². The summed E-state index contributed by atoms with van der Waals surface area (Å²) in [6, 6.07) is 22.1. The highest BCUT2D eigenvalue weighted by atomic mass is 16.5. The molecule has 47 heavy (non-hydrogen) atoms. The number of benzene rings is 3. The van der Waals surface area contributed by atoms with Gasteiger partial charge < -0.3 is 30.1 Å². The third-order valence-corrected chi connectivity index (χ3v) is 9.47. The van der Waals surface area contributed by atoms with Crippen molar-refractivity contribution < 1.29 is 33.8 Å². The summed E-state index contributed by atoms with van der Waals surface area (Å²) in [4.78, 5) is 58.4. The molecule has 0 saturated heterocycles. The zero-order chi connectivity index (χ0) is 33.9. The van der Waals surface area contributed by atoms with Crippen LogP contribution in [0.1, 0.15) is 39.9 Å². The molecule has 5 rings (SSSR count). The first-order valence-corrected chi connectivity index (χ1v) is 15.8. The van der Waals surface area contributed by atoms with Gasteiger partial charge in [0.25, 0.3) is 0 Å². The maximum absolute atomic E-state index is 14.5. The van der Waals surface area contributed by atoms with Crippen molar-refractivity contribution in [3.8, 4) is 5.75 Å². The summed E-state index contributed by atoms with van der Waals surface area (Å²) < 4.78 is 12.2. The van der Waals surface area contributed by atoms with Gasteiger partial charge in [0.15, 0.2) is 23.0 Å². The average molecular weight is 642 g/mol. The monoisotopic (exact) mass is 641 g/mol. The van der Waals surface area contributed by atoms with Gasteiger partial charge in [-0.25, -0.2) is 0 Å². The molecule has 0 heterocycles. The maximum Gasteiger partial charge on any atom is 0.225 e. The molecule has 1 unspecified atom stereocenters. The number of nitrogens with two attached hydrogens (primary N) is 1. The molecule has 0 bridgehead atoms. The fraction of sp³-hybridized carbons (Fsp3) is 0.405. The standard InChI is InChI=1S/C37H43N3O7/c1-39(2)28-15-16-30(47-21-24-13-9-6-10-14-24)34-26(28)17-25-18-27(29(40(3)4)22-46-20-23-11-7-5-8-12-23)37(45,31(41)19-32(38)42)36(44)33(25)35(34)43/h5-16,25,27,29,33,45H,17-22H2,1-4H3,(H2,38,42)/t25-,27-,29+,33?,37+/m0/s1. The van der Waals surface area contributed by atoms with E-state index in [1.807, 2.05) is 90.6 Å². The Morgan fingerprint density at radius 3 is 2.13 bits per heavy atom. The predicted octanol–water partition coefficient (Wildman–Crippen LogP) is 3.21. The Balaban J connectivity index is 1.53. The molecule has 0 radical (unpaired) electrons. The van der Waals surface area contributed by atoms with E-state index in [1.54, 1.807) is 20.2 Å². The van der Waals surface area contributed by atoms with E-state index in [-0.39, 0.29) is 31.8 Å². The minimum atomic E-state index is -2.63. The largest absolute Gasteiger partial charge is 0.488 e. The molecule has 2 aliphatic rings. The second-order valence-electron chi connectivity index (χ2n) is 13.0. The highest BCUT2D eigenvalue weighted by molar-refractivity contribution is 6.24. The number of likely N-dealkylation sites (N-methyl/N-ethyl adjacent to an activating group) is 1. The molecule has 10 nitrogen and oxygen atoms in total. The number of hydrogen-bond donors (Lipinski definition) is 2. The number of anilines is 1. The maximum atomic E-state index is 14.5. The van der Waals surface area contributed by atoms with E-state index in [9.17, 15) is 24.3 Å². The summed E-state index contributed by atoms with van der Waals surface area (Å²) in [5.74, 6) is -5.82. The Hall–Kier alpha value is -4.38. The van der Waals surface area contributed by atoms with Crippen molar-refractivity contribution in [2.75, 3.05) is 39.7 Å². The predicted molar refractivity (Wildman–Crippen MR) is 177 cm³/mol. The Labute approximate surface area is 275 Å². The van der Waals surface area contributed by atoms with Crippen molar-refractivity contribution in [1.82, 2.24) is 4.90 Å². The second-order valence-corrected chi connectivity index (χ2v) is 13.0. The van der Waals surface area contributed by atoms with Gasteiger partial charge in [-0.3, -0.25) is 19.2 Å². The zero-order valence-corrected chi connectivity index (χ0v) is 27.3. The molecule has 2 aliphatic carbocycles. The lowest BCUT2D eigenvalue weighted by Gasteiger charge is -2.50. The smallest absolute Gasteiger partial charge is 0.225 e. The van der Waals surface area contributed by atoms with Gasteiger partial charge in [0, 0.05) is 31.7 Å². The summed E-state index contributed by atoms with van der Waals surface area (Å²) in [6.07, 6.45) is -0.306. The molecule has 3 N–H and O–H groups in total. The van der Waals surface area contributed by atoms with Gasteiger partial charge in [0.1, 0.15) is 12.4 Å². The van der Waals surface area contributed by atoms with Crippen LogP contribution in [0, 0.1) is 17.8 Å². The fourth-order valence-corrected chi connectivity index (χ4v) is 7.15. The van der Waals surface area contributed by atoms with Crippen LogP contribution in [0.4, 0.5) is 5.69 Å². The quantitative estimate of drug-likeness (QED) is 0.269. The summed E-state index contributed by atoms with van der Waals surface area (Å²) in [6.45, 7) is 0.588. The molecule has 0 aliphatic heterocycles. The highest BCUT2D eigenvalue weighted by Gasteiger charge is 2.63. The number of rotatable bonds is 13. The van der Waals surface area contributed by atoms with E-state index in [4.69, 9.17) is 15.2 Å². The van der Waals surface area contributed by atoms with Crippen LogP contribution < -0.4 is 15.4 Å². The van der Waals surface area contributed by atoms with E-state index in [0.717, 1.165) is 22.4 Å². The number of primary amides is 1. The molecule has 5 atom stereocenters. The van der Waals surface area contributed by atoms with Crippen molar-refractivity contribution >= 4 is 28.9 Å². The van der Waals surface area contributed by atoms with E-state index >= 15 is 0 Å². The van der Waals surface area contributed by atoms with Gasteiger partial charge in [0.05, 0.1) is 31.1 Å². The molecular weight excluding hydrogens is 598 g/mol. The first-order valence-electron chi connectivity index (χ1n) is 15.8. The highest BCUT2D eigenvalue weighted by Crippen LogP contribution is 2.50.